The second-order valence-corrected chi connectivity index (χ2v) is 10.8. The van der Waals surface area contributed by atoms with E-state index < -0.39 is 0 Å². The summed E-state index contributed by atoms with van der Waals surface area (Å²) in [6, 6.07) is 37.8. The maximum Gasteiger partial charge on any atom is 0.298 e. The first kappa shape index (κ1) is 41.2. The monoisotopic (exact) mass is 618 g/mol. The van der Waals surface area contributed by atoms with Crippen molar-refractivity contribution >= 4 is 12.8 Å². The van der Waals surface area contributed by atoms with Crippen molar-refractivity contribution in [3.8, 4) is 5.75 Å². The molecule has 0 saturated carbocycles. The number of ether oxygens (including phenoxy) is 1. The maximum atomic E-state index is 10.3. The summed E-state index contributed by atoms with van der Waals surface area (Å²) in [6.45, 7) is 23.3. The van der Waals surface area contributed by atoms with Gasteiger partial charge in [0, 0.05) is 5.56 Å². The fourth-order valence-corrected chi connectivity index (χ4v) is 3.71. The van der Waals surface area contributed by atoms with Gasteiger partial charge in [0.2, 0.25) is 0 Å². The lowest BCUT2D eigenvalue weighted by molar-refractivity contribution is -0.120. The van der Waals surface area contributed by atoms with Crippen LogP contribution in [0.15, 0.2) is 115 Å². The summed E-state index contributed by atoms with van der Waals surface area (Å²) in [5.74, 6) is 0.576. The van der Waals surface area contributed by atoms with E-state index in [1.807, 2.05) is 70.2 Å². The van der Waals surface area contributed by atoms with Crippen LogP contribution in [0.25, 0.3) is 0 Å². The van der Waals surface area contributed by atoms with Gasteiger partial charge in [-0.2, -0.15) is 0 Å². The zero-order valence-electron chi connectivity index (χ0n) is 29.8. The molecule has 46 heavy (non-hydrogen) atoms. The van der Waals surface area contributed by atoms with Gasteiger partial charge in [0.25, 0.3) is 6.47 Å². The topological polar surface area (TPSA) is 43.4 Å². The highest BCUT2D eigenvalue weighted by molar-refractivity contribution is 5.75. The van der Waals surface area contributed by atoms with Crippen LogP contribution in [0.5, 0.6) is 5.75 Å². The van der Waals surface area contributed by atoms with E-state index in [-0.39, 0.29) is 0 Å². The normalized spacial score (nSPS) is 8.93. The van der Waals surface area contributed by atoms with Gasteiger partial charge < -0.3 is 4.74 Å². The largest absolute Gasteiger partial charge is 0.429 e. The SMILES string of the molecule is CC.Cc1ccc(C)c(C)c1.Cc1ccc(C)c(C)c1.Cc1ccc(C=O)cc1C.Cc1ccccc1.O=COc1ccccc1. The molecule has 3 heteroatoms. The highest BCUT2D eigenvalue weighted by atomic mass is 16.5. The highest BCUT2D eigenvalue weighted by Crippen LogP contribution is 2.09. The Morgan fingerprint density at radius 2 is 0.804 bits per heavy atom. The Labute approximate surface area is 279 Å². The number of carbonyl (C=O) groups is 2. The minimum atomic E-state index is 0.412. The van der Waals surface area contributed by atoms with E-state index in [0.29, 0.717) is 12.2 Å². The summed E-state index contributed by atoms with van der Waals surface area (Å²) in [4.78, 5) is 20.0. The van der Waals surface area contributed by atoms with Crippen molar-refractivity contribution in [3.63, 3.8) is 0 Å². The standard InChI is InChI=1S/C9H10O.2C9H12.C7H6O2.C7H8.C2H6/c1-7-3-4-9(6-10)5-8(7)2;2*1-7-4-5-8(2)9(3)6-7;8-6-9-7-4-2-1-3-5-7;1-7-5-3-2-4-6-7;1-2/h3-6H,1-2H3;2*4-6H,1-3H3;1-6H;2-6H,1H3;1-2H3. The van der Waals surface area contributed by atoms with Crippen molar-refractivity contribution in [2.75, 3.05) is 0 Å². The first-order valence-corrected chi connectivity index (χ1v) is 15.7. The third-order valence-corrected chi connectivity index (χ3v) is 6.86. The molecule has 3 nitrogen and oxygen atoms in total. The Balaban J connectivity index is 0.000000544. The molecule has 0 unspecified atom stereocenters. The molecule has 0 heterocycles. The minimum Gasteiger partial charge on any atom is -0.429 e. The Morgan fingerprint density at radius 3 is 1.11 bits per heavy atom. The summed E-state index contributed by atoms with van der Waals surface area (Å²) in [5, 5.41) is 0. The van der Waals surface area contributed by atoms with Crippen LogP contribution in [0.1, 0.15) is 74.3 Å². The molecule has 5 aromatic rings. The van der Waals surface area contributed by atoms with Crippen LogP contribution >= 0.6 is 0 Å². The summed E-state index contributed by atoms with van der Waals surface area (Å²) in [6.07, 6.45) is 0.867. The van der Waals surface area contributed by atoms with E-state index in [9.17, 15) is 9.59 Å². The molecule has 244 valence electrons. The van der Waals surface area contributed by atoms with Gasteiger partial charge in [0.05, 0.1) is 0 Å². The van der Waals surface area contributed by atoms with Crippen LogP contribution in [-0.2, 0) is 4.79 Å². The molecule has 0 saturated heterocycles. The lowest BCUT2D eigenvalue weighted by Gasteiger charge is -1.98. The Morgan fingerprint density at radius 1 is 0.413 bits per heavy atom. The first-order chi connectivity index (χ1) is 22.0. The molecule has 0 fully saturated rings. The molecule has 0 amide bonds. The molecule has 0 aliphatic carbocycles. The number of aryl methyl sites for hydroxylation is 9. The summed E-state index contributed by atoms with van der Waals surface area (Å²) in [7, 11) is 0. The Hall–Kier alpha value is -4.76. The average molecular weight is 619 g/mol. The molecule has 5 rings (SSSR count). The molecule has 0 aliphatic heterocycles. The average Bonchev–Trinajstić information content (AvgIpc) is 3.06. The van der Waals surface area contributed by atoms with Crippen LogP contribution in [0.2, 0.25) is 0 Å². The van der Waals surface area contributed by atoms with Gasteiger partial charge in [0.1, 0.15) is 12.0 Å². The lowest BCUT2D eigenvalue weighted by atomic mass is 10.1. The fourth-order valence-electron chi connectivity index (χ4n) is 3.71. The van der Waals surface area contributed by atoms with E-state index >= 15 is 0 Å². The predicted octanol–water partition coefficient (Wildman–Crippen LogP) is 11.6. The van der Waals surface area contributed by atoms with Crippen molar-refractivity contribution in [1.82, 2.24) is 0 Å². The van der Waals surface area contributed by atoms with Crippen molar-refractivity contribution in [2.45, 2.75) is 76.2 Å². The summed E-state index contributed by atoms with van der Waals surface area (Å²) >= 11 is 0. The molecule has 5 aromatic carbocycles. The van der Waals surface area contributed by atoms with Crippen LogP contribution < -0.4 is 4.74 Å². The number of aldehydes is 1. The number of para-hydroxylation sites is 1. The van der Waals surface area contributed by atoms with Gasteiger partial charge in [0.15, 0.2) is 0 Å². The third kappa shape index (κ3) is 18.8. The smallest absolute Gasteiger partial charge is 0.298 e. The number of carbonyl (C=O) groups excluding carboxylic acids is 2. The van der Waals surface area contributed by atoms with Crippen LogP contribution in [0.3, 0.4) is 0 Å². The van der Waals surface area contributed by atoms with Gasteiger partial charge in [-0.05, 0) is 114 Å². The quantitative estimate of drug-likeness (QED) is 0.189. The van der Waals surface area contributed by atoms with E-state index in [0.717, 1.165) is 11.8 Å². The highest BCUT2D eigenvalue weighted by Gasteiger charge is 1.93. The van der Waals surface area contributed by atoms with Gasteiger partial charge >= 0.3 is 0 Å². The fraction of sp³-hybridized carbons (Fsp3) is 0.256. The van der Waals surface area contributed by atoms with Crippen LogP contribution in [0, 0.1) is 62.3 Å². The van der Waals surface area contributed by atoms with Gasteiger partial charge in [-0.15, -0.1) is 0 Å². The van der Waals surface area contributed by atoms with Crippen LogP contribution in [0.4, 0.5) is 0 Å². The summed E-state index contributed by atoms with van der Waals surface area (Å²) in [5.41, 5.74) is 12.7. The molecule has 0 aliphatic rings. The first-order valence-electron chi connectivity index (χ1n) is 15.7. The predicted molar refractivity (Wildman–Crippen MR) is 198 cm³/mol. The van der Waals surface area contributed by atoms with Crippen molar-refractivity contribution < 1.29 is 14.3 Å². The van der Waals surface area contributed by atoms with E-state index in [4.69, 9.17) is 0 Å². The number of hydrogen-bond acceptors (Lipinski definition) is 3. The van der Waals surface area contributed by atoms with Crippen LogP contribution in [-0.4, -0.2) is 12.8 Å². The molecular formula is C43H54O3. The molecule has 0 radical (unpaired) electrons. The van der Waals surface area contributed by atoms with Gasteiger partial charge in [-0.25, -0.2) is 0 Å². The van der Waals surface area contributed by atoms with Crippen molar-refractivity contribution in [2.24, 2.45) is 0 Å². The van der Waals surface area contributed by atoms with E-state index in [1.165, 1.54) is 50.1 Å². The number of benzene rings is 5. The second kappa shape index (κ2) is 24.5. The second-order valence-electron chi connectivity index (χ2n) is 10.8. The maximum absolute atomic E-state index is 10.3. The minimum absolute atomic E-state index is 0.412. The number of rotatable bonds is 3. The molecular weight excluding hydrogens is 564 g/mol. The molecule has 0 spiro atoms. The lowest BCUT2D eigenvalue weighted by Crippen LogP contribution is -1.85. The molecule has 0 aromatic heterocycles. The van der Waals surface area contributed by atoms with Crippen molar-refractivity contribution in [3.05, 3.63) is 171 Å². The molecule has 0 atom stereocenters. The van der Waals surface area contributed by atoms with Gasteiger partial charge in [-0.1, -0.05) is 128 Å². The van der Waals surface area contributed by atoms with Crippen molar-refractivity contribution in [1.29, 1.82) is 0 Å². The van der Waals surface area contributed by atoms with E-state index in [2.05, 4.69) is 102 Å². The molecule has 0 bridgehead atoms. The Bertz CT molecular complexity index is 1490. The van der Waals surface area contributed by atoms with E-state index in [1.54, 1.807) is 24.3 Å². The zero-order valence-corrected chi connectivity index (χ0v) is 29.8. The third-order valence-electron chi connectivity index (χ3n) is 6.86. The summed E-state index contributed by atoms with van der Waals surface area (Å²) < 4.78 is 4.53. The van der Waals surface area contributed by atoms with Gasteiger partial charge in [-0.3, -0.25) is 9.59 Å². The molecule has 0 N–H and O–H groups in total. The number of hydrogen-bond donors (Lipinski definition) is 0. The zero-order chi connectivity index (χ0) is 34.9. The Kier molecular flexibility index (Phi) is 22.0.